The zero-order chi connectivity index (χ0) is 22.5. The molecule has 1 atom stereocenters. The van der Waals surface area contributed by atoms with E-state index in [4.69, 9.17) is 9.47 Å². The number of hydrogen-bond donors (Lipinski definition) is 1. The first-order chi connectivity index (χ1) is 15.6. The van der Waals surface area contributed by atoms with Crippen molar-refractivity contribution in [3.05, 3.63) is 81.8 Å². The number of thiophene rings is 1. The van der Waals surface area contributed by atoms with E-state index in [-0.39, 0.29) is 6.04 Å². The summed E-state index contributed by atoms with van der Waals surface area (Å²) >= 11 is 1.78. The third-order valence-electron chi connectivity index (χ3n) is 5.22. The van der Waals surface area contributed by atoms with E-state index in [0.717, 1.165) is 23.1 Å². The van der Waals surface area contributed by atoms with E-state index in [1.807, 2.05) is 25.1 Å². The van der Waals surface area contributed by atoms with Gasteiger partial charge in [-0.3, -0.25) is 0 Å². The van der Waals surface area contributed by atoms with Crippen LogP contribution in [0.4, 0.5) is 5.82 Å². The lowest BCUT2D eigenvalue weighted by atomic mass is 10.1. The Morgan fingerprint density at radius 1 is 1.00 bits per heavy atom. The van der Waals surface area contributed by atoms with Crippen LogP contribution in [0.25, 0.3) is 17.0 Å². The van der Waals surface area contributed by atoms with Crippen molar-refractivity contribution in [2.45, 2.75) is 26.3 Å². The van der Waals surface area contributed by atoms with Gasteiger partial charge >= 0.3 is 0 Å². The lowest BCUT2D eigenvalue weighted by molar-refractivity contribution is 0.356. The van der Waals surface area contributed by atoms with Crippen LogP contribution in [-0.4, -0.2) is 24.2 Å². The Morgan fingerprint density at radius 3 is 2.50 bits per heavy atom. The Morgan fingerprint density at radius 2 is 1.75 bits per heavy atom. The fourth-order valence-corrected chi connectivity index (χ4v) is 4.52. The molecule has 2 aromatic heterocycles. The summed E-state index contributed by atoms with van der Waals surface area (Å²) in [5.74, 6) is 2.80. The molecule has 5 nitrogen and oxygen atoms in total. The Kier molecular flexibility index (Phi) is 6.71. The first kappa shape index (κ1) is 21.8. The summed E-state index contributed by atoms with van der Waals surface area (Å²) in [6.07, 6.45) is 5.33. The monoisotopic (exact) mass is 445 g/mol. The quantitative estimate of drug-likeness (QED) is 0.338. The number of nitrogens with one attached hydrogen (secondary N) is 1. The molecule has 0 aliphatic rings. The summed E-state index contributed by atoms with van der Waals surface area (Å²) in [7, 11) is 3.26. The molecule has 0 aliphatic heterocycles. The summed E-state index contributed by atoms with van der Waals surface area (Å²) < 4.78 is 10.9. The molecule has 0 saturated heterocycles. The Labute approximate surface area is 192 Å². The van der Waals surface area contributed by atoms with Gasteiger partial charge < -0.3 is 14.8 Å². The maximum atomic E-state index is 5.48. The molecular weight excluding hydrogens is 418 g/mol. The summed E-state index contributed by atoms with van der Waals surface area (Å²) in [6.45, 7) is 4.04. The highest BCUT2D eigenvalue weighted by molar-refractivity contribution is 7.13. The highest BCUT2D eigenvalue weighted by atomic mass is 32.1. The first-order valence-electron chi connectivity index (χ1n) is 10.5. The SMILES string of the molecule is COc1cc2nc(C)nc(N[C@@H](C)c3ccc(/C=C/Cc4ccccc4)s3)c2cc1OC. The Bertz CT molecular complexity index is 1230. The van der Waals surface area contributed by atoms with Gasteiger partial charge in [-0.25, -0.2) is 9.97 Å². The predicted molar refractivity (Wildman–Crippen MR) is 133 cm³/mol. The highest BCUT2D eigenvalue weighted by Crippen LogP contribution is 2.35. The van der Waals surface area contributed by atoms with E-state index in [2.05, 4.69) is 70.8 Å². The van der Waals surface area contributed by atoms with Crippen molar-refractivity contribution in [2.24, 2.45) is 0 Å². The molecule has 0 aliphatic carbocycles. The van der Waals surface area contributed by atoms with Crippen LogP contribution in [0.3, 0.4) is 0 Å². The number of anilines is 1. The molecule has 1 N–H and O–H groups in total. The zero-order valence-electron chi connectivity index (χ0n) is 18.8. The number of ether oxygens (including phenoxy) is 2. The fourth-order valence-electron chi connectivity index (χ4n) is 3.57. The standard InChI is InChI=1S/C26H27N3O2S/c1-17(25-14-13-20(32-25)12-8-11-19-9-6-5-7-10-19)27-26-21-15-23(30-3)24(31-4)16-22(21)28-18(2)29-26/h5-10,12-17H,11H2,1-4H3,(H,27,28,29)/b12-8+/t17-/m0/s1. The van der Waals surface area contributed by atoms with Crippen molar-refractivity contribution in [2.75, 3.05) is 19.5 Å². The van der Waals surface area contributed by atoms with Gasteiger partial charge in [0.2, 0.25) is 0 Å². The molecule has 0 unspecified atom stereocenters. The minimum absolute atomic E-state index is 0.0990. The van der Waals surface area contributed by atoms with E-state index < -0.39 is 0 Å². The summed E-state index contributed by atoms with van der Waals surface area (Å²) in [6, 6.07) is 18.7. The topological polar surface area (TPSA) is 56.3 Å². The van der Waals surface area contributed by atoms with Gasteiger partial charge in [0.1, 0.15) is 11.6 Å². The lowest BCUT2D eigenvalue weighted by Gasteiger charge is -2.16. The number of fused-ring (bicyclic) bond motifs is 1. The summed E-state index contributed by atoms with van der Waals surface area (Å²) in [5, 5.41) is 4.47. The molecule has 0 spiro atoms. The average molecular weight is 446 g/mol. The smallest absolute Gasteiger partial charge is 0.162 e. The summed E-state index contributed by atoms with van der Waals surface area (Å²) in [5.41, 5.74) is 2.13. The lowest BCUT2D eigenvalue weighted by Crippen LogP contribution is -2.08. The van der Waals surface area contributed by atoms with E-state index >= 15 is 0 Å². The number of allylic oxidation sites excluding steroid dienone is 1. The Balaban J connectivity index is 1.53. The molecule has 2 heterocycles. The first-order valence-corrected chi connectivity index (χ1v) is 11.4. The van der Waals surface area contributed by atoms with Gasteiger partial charge in [0.15, 0.2) is 11.5 Å². The number of rotatable bonds is 8. The van der Waals surface area contributed by atoms with E-state index in [9.17, 15) is 0 Å². The van der Waals surface area contributed by atoms with Crippen LogP contribution in [0.15, 0.2) is 60.7 Å². The van der Waals surface area contributed by atoms with Gasteiger partial charge in [-0.05, 0) is 50.1 Å². The molecule has 4 aromatic rings. The van der Waals surface area contributed by atoms with Crippen molar-refractivity contribution in [1.82, 2.24) is 9.97 Å². The predicted octanol–water partition coefficient (Wildman–Crippen LogP) is 6.45. The van der Waals surface area contributed by atoms with Crippen LogP contribution in [0, 0.1) is 6.92 Å². The van der Waals surface area contributed by atoms with Gasteiger partial charge in [0.25, 0.3) is 0 Å². The molecule has 0 bridgehead atoms. The number of nitrogens with zero attached hydrogens (tertiary/aromatic N) is 2. The molecule has 4 rings (SSSR count). The highest BCUT2D eigenvalue weighted by Gasteiger charge is 2.15. The number of aryl methyl sites for hydroxylation is 1. The van der Waals surface area contributed by atoms with E-state index in [1.54, 1.807) is 25.6 Å². The molecule has 0 saturated carbocycles. The largest absolute Gasteiger partial charge is 0.493 e. The maximum absolute atomic E-state index is 5.48. The third kappa shape index (κ3) is 4.92. The molecule has 2 aromatic carbocycles. The van der Waals surface area contributed by atoms with Crippen molar-refractivity contribution in [3.63, 3.8) is 0 Å². The average Bonchev–Trinajstić information content (AvgIpc) is 3.28. The second-order valence-corrected chi connectivity index (χ2v) is 8.69. The van der Waals surface area contributed by atoms with Gasteiger partial charge in [-0.15, -0.1) is 11.3 Å². The van der Waals surface area contributed by atoms with Gasteiger partial charge in [-0.2, -0.15) is 0 Å². The van der Waals surface area contributed by atoms with Gasteiger partial charge in [0.05, 0.1) is 25.8 Å². The van der Waals surface area contributed by atoms with Crippen molar-refractivity contribution in [3.8, 4) is 11.5 Å². The third-order valence-corrected chi connectivity index (χ3v) is 6.45. The van der Waals surface area contributed by atoms with Crippen LogP contribution < -0.4 is 14.8 Å². The van der Waals surface area contributed by atoms with Gasteiger partial charge in [0, 0.05) is 21.2 Å². The molecular formula is C26H27N3O2S. The minimum Gasteiger partial charge on any atom is -0.493 e. The van der Waals surface area contributed by atoms with Crippen LogP contribution in [-0.2, 0) is 6.42 Å². The molecule has 164 valence electrons. The van der Waals surface area contributed by atoms with E-state index in [0.29, 0.717) is 17.3 Å². The maximum Gasteiger partial charge on any atom is 0.162 e. The number of hydrogen-bond acceptors (Lipinski definition) is 6. The van der Waals surface area contributed by atoms with Crippen LogP contribution >= 0.6 is 11.3 Å². The van der Waals surface area contributed by atoms with Crippen LogP contribution in [0.1, 0.15) is 34.1 Å². The number of benzene rings is 2. The molecule has 0 radical (unpaired) electrons. The van der Waals surface area contributed by atoms with Crippen molar-refractivity contribution in [1.29, 1.82) is 0 Å². The molecule has 0 amide bonds. The van der Waals surface area contributed by atoms with Gasteiger partial charge in [-0.1, -0.05) is 36.4 Å². The minimum atomic E-state index is 0.0990. The van der Waals surface area contributed by atoms with Crippen LogP contribution in [0.2, 0.25) is 0 Å². The zero-order valence-corrected chi connectivity index (χ0v) is 19.6. The van der Waals surface area contributed by atoms with Crippen molar-refractivity contribution >= 4 is 34.1 Å². The molecule has 0 fully saturated rings. The summed E-state index contributed by atoms with van der Waals surface area (Å²) in [4.78, 5) is 11.7. The fraction of sp³-hybridized carbons (Fsp3) is 0.231. The second-order valence-electron chi connectivity index (χ2n) is 7.54. The normalized spacial score (nSPS) is 12.2. The van der Waals surface area contributed by atoms with Crippen molar-refractivity contribution < 1.29 is 9.47 Å². The van der Waals surface area contributed by atoms with Crippen LogP contribution in [0.5, 0.6) is 11.5 Å². The molecule has 32 heavy (non-hydrogen) atoms. The number of methoxy groups -OCH3 is 2. The van der Waals surface area contributed by atoms with E-state index in [1.165, 1.54) is 15.3 Å². The second kappa shape index (κ2) is 9.83. The molecule has 6 heteroatoms. The number of aromatic nitrogens is 2. The Hall–Kier alpha value is -3.38.